The van der Waals surface area contributed by atoms with Gasteiger partial charge in [-0.15, -0.1) is 11.8 Å². The molecule has 2 aromatic heterocycles. The fourth-order valence-electron chi connectivity index (χ4n) is 2.43. The maximum absolute atomic E-state index is 9.64. The number of rotatable bonds is 4. The molecule has 0 fully saturated rings. The quantitative estimate of drug-likeness (QED) is 0.477. The van der Waals surface area contributed by atoms with Crippen molar-refractivity contribution in [3.8, 4) is 6.07 Å². The second-order valence-corrected chi connectivity index (χ2v) is 7.13. The van der Waals surface area contributed by atoms with E-state index >= 15 is 0 Å². The van der Waals surface area contributed by atoms with Crippen molar-refractivity contribution in [1.82, 2.24) is 9.97 Å². The van der Waals surface area contributed by atoms with Crippen molar-refractivity contribution in [1.29, 1.82) is 5.26 Å². The van der Waals surface area contributed by atoms with E-state index in [4.69, 9.17) is 0 Å². The summed E-state index contributed by atoms with van der Waals surface area (Å²) in [5, 5.41) is 10.7. The molecule has 3 rings (SSSR count). The number of aromatic amines is 1. The Balaban J connectivity index is 2.12. The predicted molar refractivity (Wildman–Crippen MR) is 100 cm³/mol. The highest BCUT2D eigenvalue weighted by molar-refractivity contribution is 9.10. The fraction of sp³-hybridized carbons (Fsp3) is 0.111. The zero-order valence-corrected chi connectivity index (χ0v) is 14.9. The Bertz CT molecular complexity index is 921. The van der Waals surface area contributed by atoms with Gasteiger partial charge in [0.15, 0.2) is 0 Å². The van der Waals surface area contributed by atoms with Gasteiger partial charge < -0.3 is 4.98 Å². The van der Waals surface area contributed by atoms with E-state index in [2.05, 4.69) is 38.9 Å². The predicted octanol–water partition coefficient (Wildman–Crippen LogP) is 5.50. The number of benzene rings is 1. The van der Waals surface area contributed by atoms with Gasteiger partial charge in [0.1, 0.15) is 0 Å². The number of thioether (sulfide) groups is 1. The zero-order chi connectivity index (χ0) is 16.2. The van der Waals surface area contributed by atoms with Crippen molar-refractivity contribution >= 4 is 50.2 Å². The van der Waals surface area contributed by atoms with Crippen molar-refractivity contribution in [3.05, 3.63) is 58.5 Å². The molecule has 3 nitrogen and oxygen atoms in total. The van der Waals surface area contributed by atoms with Gasteiger partial charge >= 0.3 is 0 Å². The maximum atomic E-state index is 9.64. The summed E-state index contributed by atoms with van der Waals surface area (Å²) in [4.78, 5) is 8.55. The number of nitrogens with one attached hydrogen (secondary N) is 1. The Kier molecular flexibility index (Phi) is 4.85. The molecule has 0 amide bonds. The van der Waals surface area contributed by atoms with Crippen LogP contribution in [0.4, 0.5) is 0 Å². The standard InChI is InChI=1S/C18H14BrN3S/c1-2-23-18-5-6-21-10-13(18)7-12(9-20)16-11-22-17-4-3-14(19)8-15(16)17/h3-8,10-11,22H,2H2,1H3. The minimum Gasteiger partial charge on any atom is -0.361 e. The second-order valence-electron chi connectivity index (χ2n) is 4.91. The summed E-state index contributed by atoms with van der Waals surface area (Å²) < 4.78 is 0.992. The molecule has 0 unspecified atom stereocenters. The topological polar surface area (TPSA) is 52.5 Å². The summed E-state index contributed by atoms with van der Waals surface area (Å²) in [7, 11) is 0. The highest BCUT2D eigenvalue weighted by atomic mass is 79.9. The van der Waals surface area contributed by atoms with Gasteiger partial charge in [-0.2, -0.15) is 5.26 Å². The Labute approximate surface area is 147 Å². The molecule has 114 valence electrons. The van der Waals surface area contributed by atoms with Gasteiger partial charge in [0, 0.05) is 50.0 Å². The van der Waals surface area contributed by atoms with Crippen molar-refractivity contribution < 1.29 is 0 Å². The molecular weight excluding hydrogens is 370 g/mol. The molecule has 0 aliphatic rings. The van der Waals surface area contributed by atoms with Crippen LogP contribution in [0.25, 0.3) is 22.6 Å². The Morgan fingerprint density at radius 1 is 1.43 bits per heavy atom. The lowest BCUT2D eigenvalue weighted by molar-refractivity contribution is 1.24. The van der Waals surface area contributed by atoms with E-state index in [1.807, 2.05) is 36.5 Å². The number of hydrogen-bond acceptors (Lipinski definition) is 3. The van der Waals surface area contributed by atoms with Crippen LogP contribution in [0.3, 0.4) is 0 Å². The van der Waals surface area contributed by atoms with Crippen LogP contribution in [0.15, 0.2) is 52.2 Å². The number of nitriles is 1. The molecule has 0 saturated heterocycles. The molecule has 3 aromatic rings. The van der Waals surface area contributed by atoms with Crippen LogP contribution in [0.5, 0.6) is 0 Å². The van der Waals surface area contributed by atoms with E-state index in [0.717, 1.165) is 37.2 Å². The molecule has 0 saturated carbocycles. The van der Waals surface area contributed by atoms with Crippen LogP contribution in [-0.4, -0.2) is 15.7 Å². The maximum Gasteiger partial charge on any atom is 0.0998 e. The number of fused-ring (bicyclic) bond motifs is 1. The average Bonchev–Trinajstić information content (AvgIpc) is 2.97. The Morgan fingerprint density at radius 2 is 2.30 bits per heavy atom. The van der Waals surface area contributed by atoms with E-state index < -0.39 is 0 Å². The fourth-order valence-corrected chi connectivity index (χ4v) is 3.54. The second kappa shape index (κ2) is 7.03. The lowest BCUT2D eigenvalue weighted by Crippen LogP contribution is -1.85. The van der Waals surface area contributed by atoms with Crippen LogP contribution in [0.1, 0.15) is 18.1 Å². The van der Waals surface area contributed by atoms with Crippen LogP contribution in [0.2, 0.25) is 0 Å². The molecule has 0 bridgehead atoms. The summed E-state index contributed by atoms with van der Waals surface area (Å²) in [5.41, 5.74) is 3.51. The molecule has 1 aromatic carbocycles. The van der Waals surface area contributed by atoms with E-state index in [0.29, 0.717) is 5.57 Å². The Morgan fingerprint density at radius 3 is 3.09 bits per heavy atom. The van der Waals surface area contributed by atoms with E-state index in [9.17, 15) is 5.26 Å². The number of nitrogens with zero attached hydrogens (tertiary/aromatic N) is 2. The highest BCUT2D eigenvalue weighted by Gasteiger charge is 2.10. The first-order valence-corrected chi connectivity index (χ1v) is 8.96. The van der Waals surface area contributed by atoms with Crippen LogP contribution in [0, 0.1) is 11.3 Å². The monoisotopic (exact) mass is 383 g/mol. The zero-order valence-electron chi connectivity index (χ0n) is 12.5. The van der Waals surface area contributed by atoms with Gasteiger partial charge in [-0.3, -0.25) is 4.98 Å². The number of H-pyrrole nitrogens is 1. The van der Waals surface area contributed by atoms with Gasteiger partial charge in [-0.05, 0) is 36.1 Å². The van der Waals surface area contributed by atoms with Crippen LogP contribution >= 0.6 is 27.7 Å². The molecule has 0 radical (unpaired) electrons. The molecular formula is C18H14BrN3S. The molecule has 0 aliphatic heterocycles. The summed E-state index contributed by atoms with van der Waals surface area (Å²) in [6, 6.07) is 10.3. The molecule has 23 heavy (non-hydrogen) atoms. The third-order valence-corrected chi connectivity index (χ3v) is 4.93. The number of hydrogen-bond donors (Lipinski definition) is 1. The van der Waals surface area contributed by atoms with Gasteiger partial charge in [-0.1, -0.05) is 22.9 Å². The summed E-state index contributed by atoms with van der Waals surface area (Å²) >= 11 is 5.24. The van der Waals surface area contributed by atoms with E-state index in [1.165, 1.54) is 0 Å². The first-order valence-electron chi connectivity index (χ1n) is 7.18. The lowest BCUT2D eigenvalue weighted by atomic mass is 10.0. The van der Waals surface area contributed by atoms with Gasteiger partial charge in [-0.25, -0.2) is 0 Å². The summed E-state index contributed by atoms with van der Waals surface area (Å²) in [6.45, 7) is 2.11. The molecule has 0 aliphatic carbocycles. The normalized spacial score (nSPS) is 11.6. The summed E-state index contributed by atoms with van der Waals surface area (Å²) in [6.07, 6.45) is 7.38. The third-order valence-electron chi connectivity index (χ3n) is 3.46. The number of allylic oxidation sites excluding steroid dienone is 1. The molecule has 0 spiro atoms. The summed E-state index contributed by atoms with van der Waals surface area (Å²) in [5.74, 6) is 0.979. The minimum atomic E-state index is 0.625. The molecule has 0 atom stereocenters. The minimum absolute atomic E-state index is 0.625. The van der Waals surface area contributed by atoms with Gasteiger partial charge in [0.05, 0.1) is 11.6 Å². The van der Waals surface area contributed by atoms with Gasteiger partial charge in [0.25, 0.3) is 0 Å². The van der Waals surface area contributed by atoms with Crippen molar-refractivity contribution in [2.45, 2.75) is 11.8 Å². The van der Waals surface area contributed by atoms with Crippen molar-refractivity contribution in [2.75, 3.05) is 5.75 Å². The first-order chi connectivity index (χ1) is 11.2. The average molecular weight is 384 g/mol. The smallest absolute Gasteiger partial charge is 0.0998 e. The molecule has 5 heteroatoms. The first kappa shape index (κ1) is 15.9. The largest absolute Gasteiger partial charge is 0.361 e. The SMILES string of the molecule is CCSc1ccncc1C=C(C#N)c1c[nH]c2ccc(Br)cc12. The number of pyridine rings is 1. The van der Waals surface area contributed by atoms with E-state index in [1.54, 1.807) is 24.2 Å². The van der Waals surface area contributed by atoms with E-state index in [-0.39, 0.29) is 0 Å². The third kappa shape index (κ3) is 3.34. The molecule has 2 heterocycles. The molecule has 1 N–H and O–H groups in total. The van der Waals surface area contributed by atoms with Crippen LogP contribution in [-0.2, 0) is 0 Å². The number of halogens is 1. The van der Waals surface area contributed by atoms with Crippen molar-refractivity contribution in [3.63, 3.8) is 0 Å². The van der Waals surface area contributed by atoms with Crippen LogP contribution < -0.4 is 0 Å². The lowest BCUT2D eigenvalue weighted by Gasteiger charge is -2.04. The highest BCUT2D eigenvalue weighted by Crippen LogP contribution is 2.30. The van der Waals surface area contributed by atoms with Gasteiger partial charge in [0.2, 0.25) is 0 Å². The Hall–Kier alpha value is -2.03. The number of aromatic nitrogens is 2. The van der Waals surface area contributed by atoms with Crippen molar-refractivity contribution in [2.24, 2.45) is 0 Å².